The van der Waals surface area contributed by atoms with E-state index >= 15 is 0 Å². The van der Waals surface area contributed by atoms with E-state index < -0.39 is 0 Å². The molecule has 0 bridgehead atoms. The minimum Gasteiger partial charge on any atom is -0.313 e. The van der Waals surface area contributed by atoms with Gasteiger partial charge in [-0.15, -0.1) is 0 Å². The first-order chi connectivity index (χ1) is 8.38. The van der Waals surface area contributed by atoms with Crippen molar-refractivity contribution in [1.29, 1.82) is 0 Å². The highest BCUT2D eigenvalue weighted by Crippen LogP contribution is 2.06. The summed E-state index contributed by atoms with van der Waals surface area (Å²) in [5.41, 5.74) is 1.46. The van der Waals surface area contributed by atoms with Crippen molar-refractivity contribution in [2.75, 3.05) is 26.2 Å². The summed E-state index contributed by atoms with van der Waals surface area (Å²) in [7, 11) is 0. The van der Waals surface area contributed by atoms with Crippen LogP contribution >= 0.6 is 0 Å². The van der Waals surface area contributed by atoms with Crippen LogP contribution in [0.15, 0.2) is 30.3 Å². The van der Waals surface area contributed by atoms with Gasteiger partial charge in [-0.3, -0.25) is 0 Å². The Labute approximate surface area is 105 Å². The Hall–Kier alpha value is -0.860. The molecule has 0 amide bonds. The molecule has 1 heterocycles. The topological polar surface area (TPSA) is 15.3 Å². The van der Waals surface area contributed by atoms with Gasteiger partial charge in [-0.2, -0.15) is 0 Å². The first-order valence-electron chi connectivity index (χ1n) is 6.88. The summed E-state index contributed by atoms with van der Waals surface area (Å²) in [4.78, 5) is 2.59. The van der Waals surface area contributed by atoms with E-state index in [2.05, 4.69) is 47.5 Å². The quantitative estimate of drug-likeness (QED) is 0.857. The van der Waals surface area contributed by atoms with Gasteiger partial charge in [-0.1, -0.05) is 37.3 Å². The van der Waals surface area contributed by atoms with Gasteiger partial charge in [-0.25, -0.2) is 0 Å². The number of hydrogen-bond donors (Lipinski definition) is 1. The molecule has 2 nitrogen and oxygen atoms in total. The van der Waals surface area contributed by atoms with Gasteiger partial charge < -0.3 is 10.2 Å². The number of benzene rings is 1. The molecular weight excluding hydrogens is 208 g/mol. The Morgan fingerprint density at radius 3 is 2.82 bits per heavy atom. The Kier molecular flexibility index (Phi) is 5.02. The molecule has 17 heavy (non-hydrogen) atoms. The van der Waals surface area contributed by atoms with Crippen LogP contribution in [0.25, 0.3) is 0 Å². The second-order valence-electron chi connectivity index (χ2n) is 4.93. The van der Waals surface area contributed by atoms with E-state index in [4.69, 9.17) is 0 Å². The Morgan fingerprint density at radius 2 is 2.06 bits per heavy atom. The van der Waals surface area contributed by atoms with Crippen LogP contribution in [0.2, 0.25) is 0 Å². The molecule has 1 N–H and O–H groups in total. The molecule has 1 aliphatic rings. The Balaban J connectivity index is 1.76. The molecule has 2 heteroatoms. The monoisotopic (exact) mass is 232 g/mol. The normalized spacial score (nSPS) is 22.3. The van der Waals surface area contributed by atoms with Crippen molar-refractivity contribution in [3.8, 4) is 0 Å². The molecule has 1 fully saturated rings. The largest absolute Gasteiger partial charge is 0.313 e. The molecule has 0 aromatic heterocycles. The van der Waals surface area contributed by atoms with Crippen molar-refractivity contribution >= 4 is 0 Å². The number of hydrogen-bond acceptors (Lipinski definition) is 2. The highest BCUT2D eigenvalue weighted by atomic mass is 15.2. The molecule has 0 saturated carbocycles. The second-order valence-corrected chi connectivity index (χ2v) is 4.93. The van der Waals surface area contributed by atoms with Crippen LogP contribution in [0.4, 0.5) is 0 Å². The van der Waals surface area contributed by atoms with Gasteiger partial charge in [0.1, 0.15) is 0 Å². The molecule has 0 aliphatic carbocycles. The summed E-state index contributed by atoms with van der Waals surface area (Å²) in [6, 6.07) is 11.5. The van der Waals surface area contributed by atoms with E-state index in [1.807, 2.05) is 0 Å². The molecule has 1 aromatic rings. The molecule has 1 aliphatic heterocycles. The van der Waals surface area contributed by atoms with Crippen LogP contribution in [-0.4, -0.2) is 37.1 Å². The lowest BCUT2D eigenvalue weighted by Crippen LogP contribution is -2.31. The fraction of sp³-hybridized carbons (Fsp3) is 0.600. The lowest BCUT2D eigenvalue weighted by atomic mass is 10.1. The maximum absolute atomic E-state index is 3.62. The maximum Gasteiger partial charge on any atom is 0.0107 e. The molecule has 0 spiro atoms. The van der Waals surface area contributed by atoms with E-state index in [-0.39, 0.29) is 0 Å². The fourth-order valence-electron chi connectivity index (χ4n) is 2.48. The number of rotatable bonds is 4. The van der Waals surface area contributed by atoms with Crippen LogP contribution in [-0.2, 0) is 6.42 Å². The van der Waals surface area contributed by atoms with Gasteiger partial charge in [-0.05, 0) is 31.4 Å². The Bertz CT molecular complexity index is 310. The zero-order valence-electron chi connectivity index (χ0n) is 10.9. The molecule has 0 radical (unpaired) electrons. The van der Waals surface area contributed by atoms with Crippen LogP contribution in [0.5, 0.6) is 0 Å². The number of nitrogens with zero attached hydrogens (tertiary/aromatic N) is 1. The fourth-order valence-corrected chi connectivity index (χ4v) is 2.48. The van der Waals surface area contributed by atoms with Crippen molar-refractivity contribution in [1.82, 2.24) is 10.2 Å². The van der Waals surface area contributed by atoms with Crippen molar-refractivity contribution in [3.63, 3.8) is 0 Å². The van der Waals surface area contributed by atoms with Gasteiger partial charge >= 0.3 is 0 Å². The summed E-state index contributed by atoms with van der Waals surface area (Å²) in [5.74, 6) is 0. The molecule has 1 aromatic carbocycles. The van der Waals surface area contributed by atoms with Crippen LogP contribution in [0, 0.1) is 0 Å². The van der Waals surface area contributed by atoms with Gasteiger partial charge in [0.15, 0.2) is 0 Å². The Morgan fingerprint density at radius 1 is 1.24 bits per heavy atom. The SMILES string of the molecule is CCC1CCN(CCc2ccccc2)CCN1. The van der Waals surface area contributed by atoms with Crippen LogP contribution in [0.1, 0.15) is 25.3 Å². The van der Waals surface area contributed by atoms with Gasteiger partial charge in [0.2, 0.25) is 0 Å². The van der Waals surface area contributed by atoms with Crippen LogP contribution in [0.3, 0.4) is 0 Å². The number of nitrogens with one attached hydrogen (secondary N) is 1. The average Bonchev–Trinajstić information content (AvgIpc) is 2.62. The predicted octanol–water partition coefficient (Wildman–Crippen LogP) is 2.30. The molecule has 1 saturated heterocycles. The minimum absolute atomic E-state index is 0.733. The standard InChI is InChI=1S/C15H24N2/c1-2-15-9-12-17(13-10-16-15)11-8-14-6-4-3-5-7-14/h3-7,15-16H,2,8-13H2,1H3. The van der Waals surface area contributed by atoms with Crippen molar-refractivity contribution in [3.05, 3.63) is 35.9 Å². The predicted molar refractivity (Wildman–Crippen MR) is 73.3 cm³/mol. The van der Waals surface area contributed by atoms with Crippen molar-refractivity contribution < 1.29 is 0 Å². The maximum atomic E-state index is 3.62. The first kappa shape index (κ1) is 12.6. The van der Waals surface area contributed by atoms with Crippen molar-refractivity contribution in [2.24, 2.45) is 0 Å². The van der Waals surface area contributed by atoms with E-state index in [1.54, 1.807) is 0 Å². The van der Waals surface area contributed by atoms with Gasteiger partial charge in [0.05, 0.1) is 0 Å². The zero-order valence-corrected chi connectivity index (χ0v) is 10.9. The summed E-state index contributed by atoms with van der Waals surface area (Å²) in [6.07, 6.45) is 3.73. The summed E-state index contributed by atoms with van der Waals surface area (Å²) in [5, 5.41) is 3.62. The zero-order chi connectivity index (χ0) is 11.9. The third kappa shape index (κ3) is 4.14. The highest BCUT2D eigenvalue weighted by Gasteiger charge is 2.14. The average molecular weight is 232 g/mol. The molecule has 2 rings (SSSR count). The highest BCUT2D eigenvalue weighted by molar-refractivity contribution is 5.14. The third-order valence-electron chi connectivity index (χ3n) is 3.71. The molecule has 1 unspecified atom stereocenters. The van der Waals surface area contributed by atoms with E-state index in [0.29, 0.717) is 0 Å². The summed E-state index contributed by atoms with van der Waals surface area (Å²) >= 11 is 0. The van der Waals surface area contributed by atoms with Gasteiger partial charge in [0.25, 0.3) is 0 Å². The molecular formula is C15H24N2. The summed E-state index contributed by atoms with van der Waals surface area (Å²) in [6.45, 7) is 7.06. The third-order valence-corrected chi connectivity index (χ3v) is 3.71. The smallest absolute Gasteiger partial charge is 0.0107 e. The van der Waals surface area contributed by atoms with E-state index in [0.717, 1.165) is 12.6 Å². The van der Waals surface area contributed by atoms with E-state index in [1.165, 1.54) is 44.5 Å². The minimum atomic E-state index is 0.733. The van der Waals surface area contributed by atoms with Crippen LogP contribution < -0.4 is 5.32 Å². The lowest BCUT2D eigenvalue weighted by Gasteiger charge is -2.19. The second kappa shape index (κ2) is 6.77. The van der Waals surface area contributed by atoms with Gasteiger partial charge in [0, 0.05) is 25.7 Å². The first-order valence-corrected chi connectivity index (χ1v) is 6.88. The summed E-state index contributed by atoms with van der Waals surface area (Å²) < 4.78 is 0. The van der Waals surface area contributed by atoms with Crippen molar-refractivity contribution in [2.45, 2.75) is 32.2 Å². The lowest BCUT2D eigenvalue weighted by molar-refractivity contribution is 0.293. The van der Waals surface area contributed by atoms with E-state index in [9.17, 15) is 0 Å². The molecule has 94 valence electrons. The molecule has 1 atom stereocenters.